The van der Waals surface area contributed by atoms with Gasteiger partial charge in [0.1, 0.15) is 6.10 Å². The minimum atomic E-state index is -0.745. The lowest BCUT2D eigenvalue weighted by atomic mass is 10.0. The predicted octanol–water partition coefficient (Wildman–Crippen LogP) is 2.02. The van der Waals surface area contributed by atoms with E-state index in [4.69, 9.17) is 4.74 Å². The van der Waals surface area contributed by atoms with Gasteiger partial charge in [-0.1, -0.05) is 30.3 Å². The van der Waals surface area contributed by atoms with Gasteiger partial charge in [-0.15, -0.1) is 0 Å². The molecule has 0 aliphatic carbocycles. The Labute approximate surface area is 77.5 Å². The second-order valence-corrected chi connectivity index (χ2v) is 3.23. The fraction of sp³-hybridized carbons (Fsp3) is 0.273. The van der Waals surface area contributed by atoms with Crippen molar-refractivity contribution < 1.29 is 9.84 Å². The number of rotatable bonds is 1. The van der Waals surface area contributed by atoms with Gasteiger partial charge in [-0.3, -0.25) is 0 Å². The van der Waals surface area contributed by atoms with Crippen LogP contribution in [0.5, 0.6) is 0 Å². The summed E-state index contributed by atoms with van der Waals surface area (Å²) in [5.41, 5.74) is 2.16. The highest BCUT2D eigenvalue weighted by Gasteiger charge is 2.23. The van der Waals surface area contributed by atoms with Gasteiger partial charge in [0.25, 0.3) is 0 Å². The van der Waals surface area contributed by atoms with Crippen LogP contribution in [0.25, 0.3) is 0 Å². The molecule has 1 aliphatic rings. The van der Waals surface area contributed by atoms with Gasteiger partial charge < -0.3 is 9.84 Å². The molecular formula is C11H12O2. The van der Waals surface area contributed by atoms with E-state index in [0.717, 1.165) is 11.1 Å². The summed E-state index contributed by atoms with van der Waals surface area (Å²) < 4.78 is 5.32. The molecule has 0 saturated carbocycles. The average molecular weight is 176 g/mol. The van der Waals surface area contributed by atoms with Crippen molar-refractivity contribution in [1.29, 1.82) is 0 Å². The highest BCUT2D eigenvalue weighted by atomic mass is 16.6. The fourth-order valence-electron chi connectivity index (χ4n) is 1.57. The molecule has 0 bridgehead atoms. The molecule has 2 heteroatoms. The maximum atomic E-state index is 9.23. The van der Waals surface area contributed by atoms with Gasteiger partial charge in [-0.05, 0) is 24.1 Å². The Kier molecular flexibility index (Phi) is 2.17. The van der Waals surface area contributed by atoms with Crippen molar-refractivity contribution in [2.45, 2.75) is 19.3 Å². The largest absolute Gasteiger partial charge is 0.365 e. The van der Waals surface area contributed by atoms with Gasteiger partial charge >= 0.3 is 0 Å². The molecular weight excluding hydrogens is 164 g/mol. The maximum absolute atomic E-state index is 9.23. The molecule has 2 atom stereocenters. The van der Waals surface area contributed by atoms with Crippen molar-refractivity contribution >= 4 is 0 Å². The molecule has 1 aliphatic heterocycles. The zero-order valence-electron chi connectivity index (χ0n) is 7.47. The summed E-state index contributed by atoms with van der Waals surface area (Å²) in [4.78, 5) is 0. The molecule has 0 unspecified atom stereocenters. The summed E-state index contributed by atoms with van der Waals surface area (Å²) in [5.74, 6) is 0. The Morgan fingerprint density at radius 1 is 1.23 bits per heavy atom. The van der Waals surface area contributed by atoms with Crippen LogP contribution in [-0.4, -0.2) is 11.4 Å². The van der Waals surface area contributed by atoms with E-state index in [1.165, 1.54) is 0 Å². The van der Waals surface area contributed by atoms with Crippen LogP contribution in [0.3, 0.4) is 0 Å². The topological polar surface area (TPSA) is 29.5 Å². The highest BCUT2D eigenvalue weighted by molar-refractivity contribution is 5.27. The van der Waals surface area contributed by atoms with Crippen molar-refractivity contribution in [3.05, 3.63) is 47.5 Å². The lowest BCUT2D eigenvalue weighted by molar-refractivity contribution is -0.0764. The SMILES string of the molecule is CC1=C[C@@H](O)O[C@H]1c1ccccc1. The van der Waals surface area contributed by atoms with Crippen LogP contribution < -0.4 is 0 Å². The summed E-state index contributed by atoms with van der Waals surface area (Å²) in [6, 6.07) is 9.90. The van der Waals surface area contributed by atoms with Crippen molar-refractivity contribution in [3.63, 3.8) is 0 Å². The monoisotopic (exact) mass is 176 g/mol. The molecule has 2 nitrogen and oxygen atoms in total. The molecule has 0 radical (unpaired) electrons. The molecule has 0 saturated heterocycles. The predicted molar refractivity (Wildman–Crippen MR) is 50.0 cm³/mol. The molecule has 1 heterocycles. The quantitative estimate of drug-likeness (QED) is 0.663. The van der Waals surface area contributed by atoms with Crippen LogP contribution in [0, 0.1) is 0 Å². The molecule has 1 aromatic carbocycles. The third kappa shape index (κ3) is 1.64. The third-order valence-corrected chi connectivity index (χ3v) is 2.20. The molecule has 1 aromatic rings. The average Bonchev–Trinajstić information content (AvgIpc) is 2.47. The van der Waals surface area contributed by atoms with Gasteiger partial charge in [0.2, 0.25) is 0 Å². The number of hydrogen-bond donors (Lipinski definition) is 1. The Hall–Kier alpha value is -1.12. The normalized spacial score (nSPS) is 27.4. The molecule has 0 aromatic heterocycles. The smallest absolute Gasteiger partial charge is 0.175 e. The molecule has 68 valence electrons. The minimum absolute atomic E-state index is 0.0730. The van der Waals surface area contributed by atoms with Crippen LogP contribution in [-0.2, 0) is 4.74 Å². The molecule has 1 N–H and O–H groups in total. The van der Waals surface area contributed by atoms with E-state index in [-0.39, 0.29) is 6.10 Å². The lowest BCUT2D eigenvalue weighted by Gasteiger charge is -2.12. The summed E-state index contributed by atoms with van der Waals surface area (Å²) in [5, 5.41) is 9.23. The van der Waals surface area contributed by atoms with E-state index in [2.05, 4.69) is 0 Å². The zero-order valence-corrected chi connectivity index (χ0v) is 7.47. The van der Waals surface area contributed by atoms with Crippen LogP contribution in [0.1, 0.15) is 18.6 Å². The Balaban J connectivity index is 2.25. The number of ether oxygens (including phenoxy) is 1. The standard InChI is InChI=1S/C11H12O2/c1-8-7-10(12)13-11(8)9-5-3-2-4-6-9/h2-7,10-12H,1H3/t10-,11+/m0/s1. The molecule has 13 heavy (non-hydrogen) atoms. The van der Waals surface area contributed by atoms with E-state index >= 15 is 0 Å². The Morgan fingerprint density at radius 3 is 2.46 bits per heavy atom. The van der Waals surface area contributed by atoms with Gasteiger partial charge in [-0.25, -0.2) is 0 Å². The van der Waals surface area contributed by atoms with E-state index < -0.39 is 6.29 Å². The van der Waals surface area contributed by atoms with Crippen molar-refractivity contribution in [1.82, 2.24) is 0 Å². The Bertz CT molecular complexity index is 316. The second kappa shape index (κ2) is 3.32. The van der Waals surface area contributed by atoms with Crippen LogP contribution in [0.4, 0.5) is 0 Å². The van der Waals surface area contributed by atoms with Gasteiger partial charge in [0.15, 0.2) is 6.29 Å². The highest BCUT2D eigenvalue weighted by Crippen LogP contribution is 2.31. The third-order valence-electron chi connectivity index (χ3n) is 2.20. The molecule has 0 spiro atoms. The maximum Gasteiger partial charge on any atom is 0.175 e. The van der Waals surface area contributed by atoms with Crippen LogP contribution in [0.2, 0.25) is 0 Å². The van der Waals surface area contributed by atoms with E-state index in [9.17, 15) is 5.11 Å². The van der Waals surface area contributed by atoms with E-state index in [1.807, 2.05) is 37.3 Å². The second-order valence-electron chi connectivity index (χ2n) is 3.23. The first kappa shape index (κ1) is 8.48. The summed E-state index contributed by atoms with van der Waals surface area (Å²) >= 11 is 0. The summed E-state index contributed by atoms with van der Waals surface area (Å²) in [6.07, 6.45) is 0.916. The number of benzene rings is 1. The minimum Gasteiger partial charge on any atom is -0.365 e. The van der Waals surface area contributed by atoms with E-state index in [1.54, 1.807) is 6.08 Å². The lowest BCUT2D eigenvalue weighted by Crippen LogP contribution is -2.05. The van der Waals surface area contributed by atoms with Crippen molar-refractivity contribution in [2.75, 3.05) is 0 Å². The van der Waals surface area contributed by atoms with Gasteiger partial charge in [-0.2, -0.15) is 0 Å². The van der Waals surface area contributed by atoms with Crippen LogP contribution in [0.15, 0.2) is 42.0 Å². The number of hydrogen-bond acceptors (Lipinski definition) is 2. The first-order valence-electron chi connectivity index (χ1n) is 4.34. The van der Waals surface area contributed by atoms with Crippen molar-refractivity contribution in [2.24, 2.45) is 0 Å². The Morgan fingerprint density at radius 2 is 1.92 bits per heavy atom. The molecule has 0 fully saturated rings. The first-order chi connectivity index (χ1) is 6.27. The van der Waals surface area contributed by atoms with Gasteiger partial charge in [0.05, 0.1) is 0 Å². The number of aliphatic hydroxyl groups excluding tert-OH is 1. The first-order valence-corrected chi connectivity index (χ1v) is 4.34. The van der Waals surface area contributed by atoms with Gasteiger partial charge in [0, 0.05) is 0 Å². The molecule has 0 amide bonds. The van der Waals surface area contributed by atoms with Crippen molar-refractivity contribution in [3.8, 4) is 0 Å². The number of aliphatic hydroxyl groups is 1. The summed E-state index contributed by atoms with van der Waals surface area (Å²) in [7, 11) is 0. The fourth-order valence-corrected chi connectivity index (χ4v) is 1.57. The van der Waals surface area contributed by atoms with Crippen LogP contribution >= 0.6 is 0 Å². The zero-order chi connectivity index (χ0) is 9.26. The molecule has 2 rings (SSSR count). The summed E-state index contributed by atoms with van der Waals surface area (Å²) in [6.45, 7) is 1.97. The van der Waals surface area contributed by atoms with E-state index in [0.29, 0.717) is 0 Å².